The van der Waals surface area contributed by atoms with Gasteiger partial charge in [-0.2, -0.15) is 0 Å². The van der Waals surface area contributed by atoms with E-state index in [4.69, 9.17) is 11.6 Å². The number of carbonyl (C=O) groups excluding carboxylic acids is 1. The van der Waals surface area contributed by atoms with Gasteiger partial charge in [-0.25, -0.2) is 4.68 Å². The van der Waals surface area contributed by atoms with Crippen LogP contribution in [0.5, 0.6) is 0 Å². The number of rotatable bonds is 6. The summed E-state index contributed by atoms with van der Waals surface area (Å²) in [5.74, 6) is 0.225. The molecule has 1 aromatic heterocycles. The Balaban J connectivity index is 1.90. The number of thioether (sulfide) groups is 1. The topological polar surface area (TPSA) is 72.7 Å². The molecule has 0 spiro atoms. The second-order valence-electron chi connectivity index (χ2n) is 4.45. The lowest BCUT2D eigenvalue weighted by Gasteiger charge is -2.17. The molecule has 1 amide bonds. The van der Waals surface area contributed by atoms with Gasteiger partial charge in [0.1, 0.15) is 0 Å². The molecule has 0 bridgehead atoms. The molecule has 0 fully saturated rings. The lowest BCUT2D eigenvalue weighted by Crippen LogP contribution is -2.29. The van der Waals surface area contributed by atoms with Gasteiger partial charge in [-0.05, 0) is 34.5 Å². The van der Waals surface area contributed by atoms with Crippen molar-refractivity contribution in [1.82, 2.24) is 25.5 Å². The maximum Gasteiger partial charge on any atom is 0.230 e. The molecule has 1 atom stereocenters. The number of hydrogen-bond donors (Lipinski definition) is 1. The molecule has 1 unspecified atom stereocenters. The number of tetrazole rings is 1. The van der Waals surface area contributed by atoms with Crippen LogP contribution in [0.2, 0.25) is 5.02 Å². The number of benzene rings is 1. The second kappa shape index (κ2) is 7.42. The first-order valence-corrected chi connectivity index (χ1v) is 7.86. The molecule has 2 rings (SSSR count). The summed E-state index contributed by atoms with van der Waals surface area (Å²) in [6, 6.07) is 7.48. The molecule has 0 aliphatic carbocycles. The molecule has 0 saturated carbocycles. The molecule has 1 heterocycles. The Labute approximate surface area is 132 Å². The van der Waals surface area contributed by atoms with Gasteiger partial charge in [0, 0.05) is 12.1 Å². The fraction of sp³-hybridized carbons (Fsp3) is 0.385. The molecule has 2 aromatic rings. The van der Waals surface area contributed by atoms with Crippen LogP contribution in [0.15, 0.2) is 29.4 Å². The molecule has 6 nitrogen and oxygen atoms in total. The quantitative estimate of drug-likeness (QED) is 0.824. The van der Waals surface area contributed by atoms with E-state index in [0.717, 1.165) is 12.0 Å². The molecule has 112 valence electrons. The van der Waals surface area contributed by atoms with Crippen molar-refractivity contribution in [1.29, 1.82) is 0 Å². The standard InChI is InChI=1S/C13H16ClN5OS/c1-3-11(9-4-6-10(14)7-5-9)15-12(20)8-21-13-16-17-18-19(13)2/h4-7,11H,3,8H2,1-2H3,(H,15,20). The van der Waals surface area contributed by atoms with Gasteiger partial charge in [-0.3, -0.25) is 4.79 Å². The normalized spacial score (nSPS) is 12.1. The van der Waals surface area contributed by atoms with Crippen LogP contribution >= 0.6 is 23.4 Å². The Morgan fingerprint density at radius 2 is 2.14 bits per heavy atom. The molecule has 0 saturated heterocycles. The average Bonchev–Trinajstić information content (AvgIpc) is 2.89. The van der Waals surface area contributed by atoms with Crippen LogP contribution in [0.1, 0.15) is 24.9 Å². The predicted molar refractivity (Wildman–Crippen MR) is 82.1 cm³/mol. The highest BCUT2D eigenvalue weighted by Gasteiger charge is 2.14. The van der Waals surface area contributed by atoms with Crippen molar-refractivity contribution in [2.24, 2.45) is 7.05 Å². The summed E-state index contributed by atoms with van der Waals surface area (Å²) in [5, 5.41) is 15.4. The number of nitrogens with zero attached hydrogens (tertiary/aromatic N) is 4. The first-order chi connectivity index (χ1) is 10.1. The minimum Gasteiger partial charge on any atom is -0.349 e. The van der Waals surface area contributed by atoms with Crippen molar-refractivity contribution in [3.05, 3.63) is 34.9 Å². The largest absolute Gasteiger partial charge is 0.349 e. The summed E-state index contributed by atoms with van der Waals surface area (Å²) in [6.07, 6.45) is 0.809. The Bertz CT molecular complexity index is 601. The molecule has 8 heteroatoms. The first kappa shape index (κ1) is 15.8. The fourth-order valence-corrected chi connectivity index (χ4v) is 2.61. The SMILES string of the molecule is CCC(NC(=O)CSc1nnnn1C)c1ccc(Cl)cc1. The third kappa shape index (κ3) is 4.44. The van der Waals surface area contributed by atoms with E-state index in [9.17, 15) is 4.79 Å². The summed E-state index contributed by atoms with van der Waals surface area (Å²) in [4.78, 5) is 12.0. The van der Waals surface area contributed by atoms with Crippen LogP contribution in [0.4, 0.5) is 0 Å². The van der Waals surface area contributed by atoms with Crippen molar-refractivity contribution in [2.75, 3.05) is 5.75 Å². The smallest absolute Gasteiger partial charge is 0.230 e. The van der Waals surface area contributed by atoms with Gasteiger partial charge in [0.25, 0.3) is 0 Å². The molecular formula is C13H16ClN5OS. The number of aromatic nitrogens is 4. The van der Waals surface area contributed by atoms with Crippen molar-refractivity contribution in [2.45, 2.75) is 24.5 Å². The lowest BCUT2D eigenvalue weighted by molar-refractivity contribution is -0.119. The van der Waals surface area contributed by atoms with E-state index in [1.807, 2.05) is 31.2 Å². The lowest BCUT2D eigenvalue weighted by atomic mass is 10.0. The molecule has 21 heavy (non-hydrogen) atoms. The van der Waals surface area contributed by atoms with Crippen molar-refractivity contribution < 1.29 is 4.79 Å². The molecule has 1 N–H and O–H groups in total. The number of hydrogen-bond acceptors (Lipinski definition) is 5. The molecule has 0 aliphatic heterocycles. The maximum absolute atomic E-state index is 12.0. The minimum absolute atomic E-state index is 0.0204. The summed E-state index contributed by atoms with van der Waals surface area (Å²) in [5.41, 5.74) is 1.04. The summed E-state index contributed by atoms with van der Waals surface area (Å²) >= 11 is 7.18. The zero-order valence-electron chi connectivity index (χ0n) is 11.8. The number of halogens is 1. The van der Waals surface area contributed by atoms with E-state index in [1.54, 1.807) is 7.05 Å². The predicted octanol–water partition coefficient (Wildman–Crippen LogP) is 2.22. The second-order valence-corrected chi connectivity index (χ2v) is 5.83. The van der Waals surface area contributed by atoms with Gasteiger partial charge in [-0.1, -0.05) is 42.4 Å². The Kier molecular flexibility index (Phi) is 5.58. The summed E-state index contributed by atoms with van der Waals surface area (Å²) in [6.45, 7) is 2.03. The number of aryl methyl sites for hydroxylation is 1. The molecule has 1 aromatic carbocycles. The van der Waals surface area contributed by atoms with Gasteiger partial charge in [0.15, 0.2) is 0 Å². The van der Waals surface area contributed by atoms with Gasteiger partial charge in [0.05, 0.1) is 11.8 Å². The number of carbonyl (C=O) groups is 1. The van der Waals surface area contributed by atoms with Gasteiger partial charge >= 0.3 is 0 Å². The Morgan fingerprint density at radius 1 is 1.43 bits per heavy atom. The monoisotopic (exact) mass is 325 g/mol. The average molecular weight is 326 g/mol. The van der Waals surface area contributed by atoms with Crippen LogP contribution in [-0.2, 0) is 11.8 Å². The van der Waals surface area contributed by atoms with E-state index in [2.05, 4.69) is 20.8 Å². The fourth-order valence-electron chi connectivity index (χ4n) is 1.83. The van der Waals surface area contributed by atoms with Gasteiger partial charge in [-0.15, -0.1) is 5.10 Å². The number of amides is 1. The first-order valence-electron chi connectivity index (χ1n) is 6.50. The zero-order valence-corrected chi connectivity index (χ0v) is 13.4. The van der Waals surface area contributed by atoms with E-state index in [-0.39, 0.29) is 17.7 Å². The molecule has 0 radical (unpaired) electrons. The van der Waals surface area contributed by atoms with Crippen molar-refractivity contribution in [3.63, 3.8) is 0 Å². The van der Waals surface area contributed by atoms with Crippen LogP contribution in [0.3, 0.4) is 0 Å². The highest BCUT2D eigenvalue weighted by Crippen LogP contribution is 2.20. The molecule has 0 aliphatic rings. The van der Waals surface area contributed by atoms with E-state index < -0.39 is 0 Å². The van der Waals surface area contributed by atoms with Crippen LogP contribution in [-0.4, -0.2) is 31.9 Å². The van der Waals surface area contributed by atoms with E-state index in [0.29, 0.717) is 10.2 Å². The van der Waals surface area contributed by atoms with Crippen molar-refractivity contribution in [3.8, 4) is 0 Å². The highest BCUT2D eigenvalue weighted by atomic mass is 35.5. The third-order valence-electron chi connectivity index (χ3n) is 2.93. The zero-order chi connectivity index (χ0) is 15.2. The van der Waals surface area contributed by atoms with Crippen LogP contribution < -0.4 is 5.32 Å². The third-order valence-corrected chi connectivity index (χ3v) is 4.19. The summed E-state index contributed by atoms with van der Waals surface area (Å²) in [7, 11) is 1.74. The van der Waals surface area contributed by atoms with E-state index >= 15 is 0 Å². The maximum atomic E-state index is 12.0. The highest BCUT2D eigenvalue weighted by molar-refractivity contribution is 7.99. The molecular weight excluding hydrogens is 310 g/mol. The van der Waals surface area contributed by atoms with Crippen molar-refractivity contribution >= 4 is 29.3 Å². The van der Waals surface area contributed by atoms with Crippen LogP contribution in [0.25, 0.3) is 0 Å². The van der Waals surface area contributed by atoms with E-state index in [1.165, 1.54) is 16.4 Å². The number of nitrogens with one attached hydrogen (secondary N) is 1. The minimum atomic E-state index is -0.0511. The van der Waals surface area contributed by atoms with Gasteiger partial charge in [0.2, 0.25) is 11.1 Å². The Hall–Kier alpha value is -1.60. The van der Waals surface area contributed by atoms with Crippen LogP contribution in [0, 0.1) is 0 Å². The van der Waals surface area contributed by atoms with Gasteiger partial charge < -0.3 is 5.32 Å². The Morgan fingerprint density at radius 3 is 2.71 bits per heavy atom. The summed E-state index contributed by atoms with van der Waals surface area (Å²) < 4.78 is 1.54.